The molecule has 0 saturated heterocycles. The second kappa shape index (κ2) is 6.44. The van der Waals surface area contributed by atoms with Gasteiger partial charge in [0, 0.05) is 5.92 Å². The van der Waals surface area contributed by atoms with Crippen LogP contribution in [0, 0.1) is 5.82 Å². The highest BCUT2D eigenvalue weighted by Crippen LogP contribution is 2.30. The topological polar surface area (TPSA) is 68.0 Å². The normalized spacial score (nSPS) is 11.1. The lowest BCUT2D eigenvalue weighted by molar-refractivity contribution is -0.133. The summed E-state index contributed by atoms with van der Waals surface area (Å²) >= 11 is 7.14. The highest BCUT2D eigenvalue weighted by molar-refractivity contribution is 7.99. The van der Waals surface area contributed by atoms with Crippen LogP contribution in [0.15, 0.2) is 23.4 Å². The quantitative estimate of drug-likeness (QED) is 0.852. The molecule has 21 heavy (non-hydrogen) atoms. The summed E-state index contributed by atoms with van der Waals surface area (Å²) in [5, 5.41) is 17.5. The average molecular weight is 330 g/mol. The van der Waals surface area contributed by atoms with E-state index in [1.54, 1.807) is 4.57 Å². The molecule has 2 rings (SSSR count). The first kappa shape index (κ1) is 15.8. The Morgan fingerprint density at radius 3 is 2.81 bits per heavy atom. The molecule has 0 bridgehead atoms. The van der Waals surface area contributed by atoms with E-state index in [0.29, 0.717) is 21.7 Å². The maximum Gasteiger partial charge on any atom is 0.313 e. The lowest BCUT2D eigenvalue weighted by atomic mass is 10.2. The fourth-order valence-corrected chi connectivity index (χ4v) is 2.63. The first-order valence-electron chi connectivity index (χ1n) is 6.15. The van der Waals surface area contributed by atoms with E-state index < -0.39 is 11.8 Å². The fraction of sp³-hybridized carbons (Fsp3) is 0.308. The van der Waals surface area contributed by atoms with Crippen LogP contribution >= 0.6 is 23.4 Å². The number of rotatable bonds is 5. The van der Waals surface area contributed by atoms with E-state index in [9.17, 15) is 9.18 Å². The van der Waals surface area contributed by atoms with Crippen LogP contribution in [0.3, 0.4) is 0 Å². The van der Waals surface area contributed by atoms with E-state index in [1.807, 2.05) is 13.8 Å². The molecular formula is C13H13ClFN3O2S. The molecule has 1 aromatic carbocycles. The fourth-order valence-electron chi connectivity index (χ4n) is 1.76. The summed E-state index contributed by atoms with van der Waals surface area (Å²) < 4.78 is 15.1. The van der Waals surface area contributed by atoms with Crippen LogP contribution in [0.2, 0.25) is 5.02 Å². The van der Waals surface area contributed by atoms with Gasteiger partial charge in [0.2, 0.25) is 0 Å². The predicted octanol–water partition coefficient (Wildman–Crippen LogP) is 3.36. The predicted molar refractivity (Wildman–Crippen MR) is 78.8 cm³/mol. The number of hydrogen-bond acceptors (Lipinski definition) is 4. The van der Waals surface area contributed by atoms with Gasteiger partial charge in [0.15, 0.2) is 5.16 Å². The number of hydrogen-bond donors (Lipinski definition) is 1. The van der Waals surface area contributed by atoms with E-state index in [1.165, 1.54) is 18.2 Å². The molecule has 1 N–H and O–H groups in total. The minimum Gasteiger partial charge on any atom is -0.481 e. The Kier molecular flexibility index (Phi) is 4.84. The second-order valence-electron chi connectivity index (χ2n) is 4.61. The van der Waals surface area contributed by atoms with Gasteiger partial charge < -0.3 is 5.11 Å². The van der Waals surface area contributed by atoms with Crippen LogP contribution in [-0.4, -0.2) is 31.6 Å². The van der Waals surface area contributed by atoms with Gasteiger partial charge in [-0.05, 0) is 18.2 Å². The molecule has 0 fully saturated rings. The van der Waals surface area contributed by atoms with Crippen molar-refractivity contribution in [3.8, 4) is 5.69 Å². The molecule has 0 unspecified atom stereocenters. The van der Waals surface area contributed by atoms with Crippen LogP contribution < -0.4 is 0 Å². The number of benzene rings is 1. The minimum absolute atomic E-state index is 0.0241. The zero-order valence-corrected chi connectivity index (χ0v) is 13.0. The molecule has 2 aromatic rings. The van der Waals surface area contributed by atoms with Crippen molar-refractivity contribution >= 4 is 29.3 Å². The van der Waals surface area contributed by atoms with Gasteiger partial charge in [-0.25, -0.2) is 4.39 Å². The van der Waals surface area contributed by atoms with Crippen molar-refractivity contribution in [2.24, 2.45) is 0 Å². The van der Waals surface area contributed by atoms with Gasteiger partial charge in [0.1, 0.15) is 11.6 Å². The van der Waals surface area contributed by atoms with Crippen LogP contribution in [0.1, 0.15) is 25.6 Å². The molecule has 1 heterocycles. The number of nitrogens with zero attached hydrogens (tertiary/aromatic N) is 3. The third-order valence-corrected chi connectivity index (χ3v) is 3.88. The molecule has 112 valence electrons. The van der Waals surface area contributed by atoms with Crippen molar-refractivity contribution < 1.29 is 14.3 Å². The molecule has 0 atom stereocenters. The van der Waals surface area contributed by atoms with Gasteiger partial charge in [-0.3, -0.25) is 9.36 Å². The zero-order valence-electron chi connectivity index (χ0n) is 11.4. The highest BCUT2D eigenvalue weighted by Gasteiger charge is 2.20. The molecule has 0 aliphatic rings. The molecule has 5 nitrogen and oxygen atoms in total. The molecule has 0 spiro atoms. The minimum atomic E-state index is -0.967. The zero-order chi connectivity index (χ0) is 15.6. The molecular weight excluding hydrogens is 317 g/mol. The lowest BCUT2D eigenvalue weighted by Crippen LogP contribution is -2.07. The summed E-state index contributed by atoms with van der Waals surface area (Å²) in [6, 6.07) is 3.99. The molecule has 1 aromatic heterocycles. The van der Waals surface area contributed by atoms with Gasteiger partial charge in [-0.1, -0.05) is 37.2 Å². The molecule has 0 amide bonds. The summed E-state index contributed by atoms with van der Waals surface area (Å²) in [4.78, 5) is 10.7. The monoisotopic (exact) mass is 329 g/mol. The van der Waals surface area contributed by atoms with E-state index in [0.717, 1.165) is 11.8 Å². The first-order chi connectivity index (χ1) is 9.90. The van der Waals surface area contributed by atoms with Gasteiger partial charge in [-0.2, -0.15) is 0 Å². The van der Waals surface area contributed by atoms with E-state index >= 15 is 0 Å². The Labute approximate surface area is 130 Å². The number of carboxylic acid groups (broad SMARTS) is 1. The van der Waals surface area contributed by atoms with Crippen molar-refractivity contribution in [2.45, 2.75) is 24.9 Å². The van der Waals surface area contributed by atoms with Crippen LogP contribution in [-0.2, 0) is 4.79 Å². The lowest BCUT2D eigenvalue weighted by Gasteiger charge is -2.13. The number of carbonyl (C=O) groups is 1. The number of halogens is 2. The number of carboxylic acids is 1. The first-order valence-corrected chi connectivity index (χ1v) is 7.52. The average Bonchev–Trinajstić information content (AvgIpc) is 2.83. The maximum atomic E-state index is 13.5. The summed E-state index contributed by atoms with van der Waals surface area (Å²) in [5.41, 5.74) is 0.401. The Bertz CT molecular complexity index is 675. The summed E-state index contributed by atoms with van der Waals surface area (Å²) in [6.07, 6.45) is 0. The van der Waals surface area contributed by atoms with Gasteiger partial charge in [-0.15, -0.1) is 10.2 Å². The maximum absolute atomic E-state index is 13.5. The van der Waals surface area contributed by atoms with Crippen molar-refractivity contribution in [2.75, 3.05) is 5.75 Å². The number of aliphatic carboxylic acids is 1. The third-order valence-electron chi connectivity index (χ3n) is 2.65. The Hall–Kier alpha value is -1.60. The van der Waals surface area contributed by atoms with Crippen molar-refractivity contribution in [3.05, 3.63) is 34.9 Å². The Balaban J connectivity index is 2.55. The van der Waals surface area contributed by atoms with E-state index in [4.69, 9.17) is 16.7 Å². The molecule has 0 radical (unpaired) electrons. The summed E-state index contributed by atoms with van der Waals surface area (Å²) in [5.74, 6) is -0.951. The standard InChI is InChI=1S/C13H13ClFN3O2S/c1-7(2)12-16-17-13(21-6-11(19)20)18(12)10-5-8(15)3-4-9(10)14/h3-5,7H,6H2,1-2H3,(H,19,20). The summed E-state index contributed by atoms with van der Waals surface area (Å²) in [6.45, 7) is 3.83. The number of thioether (sulfide) groups is 1. The summed E-state index contributed by atoms with van der Waals surface area (Å²) in [7, 11) is 0. The van der Waals surface area contributed by atoms with E-state index in [-0.39, 0.29) is 11.7 Å². The SMILES string of the molecule is CC(C)c1nnc(SCC(=O)O)n1-c1cc(F)ccc1Cl. The number of aromatic nitrogens is 3. The molecule has 0 saturated carbocycles. The smallest absolute Gasteiger partial charge is 0.313 e. The van der Waals surface area contributed by atoms with Crippen LogP contribution in [0.5, 0.6) is 0 Å². The largest absolute Gasteiger partial charge is 0.481 e. The van der Waals surface area contributed by atoms with E-state index in [2.05, 4.69) is 10.2 Å². The van der Waals surface area contributed by atoms with Crippen LogP contribution in [0.25, 0.3) is 5.69 Å². The van der Waals surface area contributed by atoms with Gasteiger partial charge >= 0.3 is 5.97 Å². The molecule has 0 aliphatic carbocycles. The van der Waals surface area contributed by atoms with Gasteiger partial charge in [0.25, 0.3) is 0 Å². The highest BCUT2D eigenvalue weighted by atomic mass is 35.5. The van der Waals surface area contributed by atoms with Crippen LogP contribution in [0.4, 0.5) is 4.39 Å². The van der Waals surface area contributed by atoms with Crippen molar-refractivity contribution in [1.82, 2.24) is 14.8 Å². The Morgan fingerprint density at radius 2 is 2.19 bits per heavy atom. The van der Waals surface area contributed by atoms with Crippen molar-refractivity contribution in [1.29, 1.82) is 0 Å². The second-order valence-corrected chi connectivity index (χ2v) is 5.96. The molecule has 0 aliphatic heterocycles. The van der Waals surface area contributed by atoms with Gasteiger partial charge in [0.05, 0.1) is 16.5 Å². The van der Waals surface area contributed by atoms with Crippen molar-refractivity contribution in [3.63, 3.8) is 0 Å². The Morgan fingerprint density at radius 1 is 1.48 bits per heavy atom. The molecule has 8 heteroatoms. The third kappa shape index (κ3) is 3.54.